The largest absolute Gasteiger partial charge is 0.380 e. The summed E-state index contributed by atoms with van der Waals surface area (Å²) in [4.78, 5) is 0. The average Bonchev–Trinajstić information content (AvgIpc) is 2.21. The standard InChI is InChI=1S/C12H25NO/c1-9-5-7-11(8-6-9)12(13-3)10(2)14-4/h9-13H,5-8H2,1-4H3. The molecular formula is C12H25NO. The molecule has 0 aromatic rings. The van der Waals surface area contributed by atoms with Crippen LogP contribution in [0.3, 0.4) is 0 Å². The third-order valence-corrected chi connectivity index (χ3v) is 3.78. The van der Waals surface area contributed by atoms with Gasteiger partial charge in [0.25, 0.3) is 0 Å². The molecule has 0 aromatic carbocycles. The highest BCUT2D eigenvalue weighted by Gasteiger charge is 2.28. The molecule has 1 fully saturated rings. The van der Waals surface area contributed by atoms with Crippen molar-refractivity contribution >= 4 is 0 Å². The van der Waals surface area contributed by atoms with Crippen LogP contribution >= 0.6 is 0 Å². The van der Waals surface area contributed by atoms with Crippen molar-refractivity contribution in [2.24, 2.45) is 11.8 Å². The van der Waals surface area contributed by atoms with Crippen LogP contribution in [-0.4, -0.2) is 26.3 Å². The number of ether oxygens (including phenoxy) is 1. The maximum Gasteiger partial charge on any atom is 0.0698 e. The molecule has 2 heteroatoms. The third kappa shape index (κ3) is 2.96. The summed E-state index contributed by atoms with van der Waals surface area (Å²) in [6.07, 6.45) is 5.83. The zero-order valence-electron chi connectivity index (χ0n) is 10.0. The Balaban J connectivity index is 2.44. The minimum Gasteiger partial charge on any atom is -0.380 e. The van der Waals surface area contributed by atoms with Gasteiger partial charge in [0.15, 0.2) is 0 Å². The van der Waals surface area contributed by atoms with Crippen molar-refractivity contribution in [3.63, 3.8) is 0 Å². The minimum absolute atomic E-state index is 0.332. The second-order valence-corrected chi connectivity index (χ2v) is 4.78. The Morgan fingerprint density at radius 2 is 1.79 bits per heavy atom. The number of methoxy groups -OCH3 is 1. The fourth-order valence-electron chi connectivity index (χ4n) is 2.65. The first kappa shape index (κ1) is 12.0. The molecule has 2 unspecified atom stereocenters. The van der Waals surface area contributed by atoms with E-state index in [-0.39, 0.29) is 0 Å². The van der Waals surface area contributed by atoms with E-state index in [9.17, 15) is 0 Å². The smallest absolute Gasteiger partial charge is 0.0698 e. The summed E-state index contributed by atoms with van der Waals surface area (Å²) in [6, 6.07) is 0.535. The van der Waals surface area contributed by atoms with E-state index in [0.29, 0.717) is 12.1 Å². The molecule has 84 valence electrons. The van der Waals surface area contributed by atoms with E-state index in [0.717, 1.165) is 11.8 Å². The highest BCUT2D eigenvalue weighted by Crippen LogP contribution is 2.31. The molecular weight excluding hydrogens is 174 g/mol. The van der Waals surface area contributed by atoms with Gasteiger partial charge in [-0.25, -0.2) is 0 Å². The predicted octanol–water partition coefficient (Wildman–Crippen LogP) is 2.44. The van der Waals surface area contributed by atoms with Gasteiger partial charge in [-0.15, -0.1) is 0 Å². The van der Waals surface area contributed by atoms with Crippen LogP contribution in [0.2, 0.25) is 0 Å². The molecule has 1 aliphatic rings. The summed E-state index contributed by atoms with van der Waals surface area (Å²) < 4.78 is 5.42. The fraction of sp³-hybridized carbons (Fsp3) is 1.00. The van der Waals surface area contributed by atoms with Crippen molar-refractivity contribution in [1.82, 2.24) is 5.32 Å². The predicted molar refractivity (Wildman–Crippen MR) is 60.4 cm³/mol. The molecule has 0 radical (unpaired) electrons. The van der Waals surface area contributed by atoms with Crippen LogP contribution in [0.15, 0.2) is 0 Å². The zero-order chi connectivity index (χ0) is 10.6. The van der Waals surface area contributed by atoms with Gasteiger partial charge < -0.3 is 10.1 Å². The van der Waals surface area contributed by atoms with Crippen LogP contribution in [0.5, 0.6) is 0 Å². The molecule has 0 saturated heterocycles. The van der Waals surface area contributed by atoms with Crippen molar-refractivity contribution in [1.29, 1.82) is 0 Å². The second-order valence-electron chi connectivity index (χ2n) is 4.78. The first-order chi connectivity index (χ1) is 6.69. The van der Waals surface area contributed by atoms with E-state index in [2.05, 4.69) is 26.2 Å². The number of hydrogen-bond acceptors (Lipinski definition) is 2. The van der Waals surface area contributed by atoms with Gasteiger partial charge in [-0.3, -0.25) is 0 Å². The normalized spacial score (nSPS) is 32.6. The van der Waals surface area contributed by atoms with E-state index < -0.39 is 0 Å². The highest BCUT2D eigenvalue weighted by atomic mass is 16.5. The molecule has 0 spiro atoms. The van der Waals surface area contributed by atoms with Crippen molar-refractivity contribution in [2.45, 2.75) is 51.7 Å². The molecule has 0 heterocycles. The first-order valence-corrected chi connectivity index (χ1v) is 5.89. The van der Waals surface area contributed by atoms with Crippen LogP contribution in [0, 0.1) is 11.8 Å². The van der Waals surface area contributed by atoms with E-state index in [1.54, 1.807) is 7.11 Å². The van der Waals surface area contributed by atoms with Crippen LogP contribution in [0.25, 0.3) is 0 Å². The van der Waals surface area contributed by atoms with Crippen molar-refractivity contribution in [2.75, 3.05) is 14.2 Å². The molecule has 2 atom stereocenters. The lowest BCUT2D eigenvalue weighted by Crippen LogP contribution is -2.44. The Hall–Kier alpha value is -0.0800. The molecule has 2 nitrogen and oxygen atoms in total. The van der Waals surface area contributed by atoms with Crippen LogP contribution < -0.4 is 5.32 Å². The molecule has 1 N–H and O–H groups in total. The monoisotopic (exact) mass is 199 g/mol. The van der Waals surface area contributed by atoms with Gasteiger partial charge in [-0.05, 0) is 38.6 Å². The Morgan fingerprint density at radius 3 is 2.21 bits per heavy atom. The quantitative estimate of drug-likeness (QED) is 0.751. The first-order valence-electron chi connectivity index (χ1n) is 5.89. The number of hydrogen-bond donors (Lipinski definition) is 1. The summed E-state index contributed by atoms with van der Waals surface area (Å²) in [6.45, 7) is 4.53. The number of nitrogens with one attached hydrogen (secondary N) is 1. The topological polar surface area (TPSA) is 21.3 Å². The second kappa shape index (κ2) is 5.72. The van der Waals surface area contributed by atoms with Crippen LogP contribution in [-0.2, 0) is 4.74 Å². The Kier molecular flexibility index (Phi) is 4.90. The van der Waals surface area contributed by atoms with Gasteiger partial charge in [0.2, 0.25) is 0 Å². The van der Waals surface area contributed by atoms with Crippen molar-refractivity contribution in [3.05, 3.63) is 0 Å². The molecule has 0 amide bonds. The molecule has 14 heavy (non-hydrogen) atoms. The van der Waals surface area contributed by atoms with Gasteiger partial charge in [0.05, 0.1) is 6.10 Å². The molecule has 0 aromatic heterocycles. The molecule has 0 bridgehead atoms. The van der Waals surface area contributed by atoms with E-state index in [4.69, 9.17) is 4.74 Å². The lowest BCUT2D eigenvalue weighted by molar-refractivity contribution is 0.0519. The number of rotatable bonds is 4. The lowest BCUT2D eigenvalue weighted by atomic mass is 9.78. The van der Waals surface area contributed by atoms with Crippen molar-refractivity contribution < 1.29 is 4.74 Å². The van der Waals surface area contributed by atoms with Gasteiger partial charge >= 0.3 is 0 Å². The minimum atomic E-state index is 0.332. The fourth-order valence-corrected chi connectivity index (χ4v) is 2.65. The molecule has 1 rings (SSSR count). The van der Waals surface area contributed by atoms with Crippen LogP contribution in [0.4, 0.5) is 0 Å². The molecule has 0 aliphatic heterocycles. The van der Waals surface area contributed by atoms with Crippen LogP contribution in [0.1, 0.15) is 39.5 Å². The van der Waals surface area contributed by atoms with E-state index in [1.807, 2.05) is 0 Å². The maximum absolute atomic E-state index is 5.42. The van der Waals surface area contributed by atoms with E-state index in [1.165, 1.54) is 25.7 Å². The van der Waals surface area contributed by atoms with Gasteiger partial charge in [-0.1, -0.05) is 19.8 Å². The van der Waals surface area contributed by atoms with Gasteiger partial charge in [0.1, 0.15) is 0 Å². The van der Waals surface area contributed by atoms with Gasteiger partial charge in [0, 0.05) is 13.2 Å². The summed E-state index contributed by atoms with van der Waals surface area (Å²) >= 11 is 0. The van der Waals surface area contributed by atoms with E-state index >= 15 is 0 Å². The summed E-state index contributed by atoms with van der Waals surface area (Å²) in [7, 11) is 3.86. The molecule has 1 aliphatic carbocycles. The Labute approximate surface area is 88.4 Å². The average molecular weight is 199 g/mol. The summed E-state index contributed by atoms with van der Waals surface area (Å²) in [5, 5.41) is 3.41. The lowest BCUT2D eigenvalue weighted by Gasteiger charge is -2.35. The number of likely N-dealkylation sites (N-methyl/N-ethyl adjacent to an activating group) is 1. The highest BCUT2D eigenvalue weighted by molar-refractivity contribution is 4.83. The third-order valence-electron chi connectivity index (χ3n) is 3.78. The SMILES string of the molecule is CNC(C1CCC(C)CC1)C(C)OC. The summed E-state index contributed by atoms with van der Waals surface area (Å²) in [5.74, 6) is 1.74. The molecule has 1 saturated carbocycles. The van der Waals surface area contributed by atoms with Gasteiger partial charge in [-0.2, -0.15) is 0 Å². The zero-order valence-corrected chi connectivity index (χ0v) is 10.0. The summed E-state index contributed by atoms with van der Waals surface area (Å²) in [5.41, 5.74) is 0. The Morgan fingerprint density at radius 1 is 1.21 bits per heavy atom. The maximum atomic E-state index is 5.42. The Bertz CT molecular complexity index is 152. The van der Waals surface area contributed by atoms with Crippen molar-refractivity contribution in [3.8, 4) is 0 Å².